The Morgan fingerprint density at radius 3 is 2.83 bits per heavy atom. The third-order valence-corrected chi connectivity index (χ3v) is 3.58. The Morgan fingerprint density at radius 2 is 2.13 bits per heavy atom. The maximum atomic E-state index is 13.0. The number of quaternary nitrogens is 1. The lowest BCUT2D eigenvalue weighted by Gasteiger charge is -2.15. The van der Waals surface area contributed by atoms with E-state index in [1.807, 2.05) is 0 Å². The number of hydrogen-bond donors (Lipinski definition) is 3. The highest BCUT2D eigenvalue weighted by atomic mass is 19.1. The molecule has 1 unspecified atom stereocenters. The molecule has 1 aromatic rings. The maximum absolute atomic E-state index is 13.0. The van der Waals surface area contributed by atoms with Gasteiger partial charge in [-0.2, -0.15) is 0 Å². The third-order valence-electron chi connectivity index (χ3n) is 3.58. The van der Waals surface area contributed by atoms with Crippen LogP contribution in [0.1, 0.15) is 12.8 Å². The normalized spacial score (nSPS) is 18.4. The van der Waals surface area contributed by atoms with Gasteiger partial charge in [0, 0.05) is 18.8 Å². The number of carbonyl (C=O) groups excluding carboxylic acids is 2. The van der Waals surface area contributed by atoms with Gasteiger partial charge in [-0.05, 0) is 31.0 Å². The number of carbonyl (C=O) groups is 2. The first-order chi connectivity index (χ1) is 11.0. The van der Waals surface area contributed by atoms with Crippen LogP contribution in [0.5, 0.6) is 0 Å². The van der Waals surface area contributed by atoms with E-state index in [9.17, 15) is 14.0 Å². The molecule has 1 aliphatic heterocycles. The van der Waals surface area contributed by atoms with Gasteiger partial charge in [-0.15, -0.1) is 0 Å². The molecule has 1 saturated heterocycles. The second-order valence-electron chi connectivity index (χ2n) is 5.81. The zero-order chi connectivity index (χ0) is 16.7. The molecule has 1 aromatic carbocycles. The second-order valence-corrected chi connectivity index (χ2v) is 5.81. The minimum Gasteiger partial charge on any atom is -0.376 e. The number of amides is 2. The van der Waals surface area contributed by atoms with Crippen molar-refractivity contribution < 1.29 is 23.6 Å². The Hall–Kier alpha value is -1.99. The molecule has 0 saturated carbocycles. The highest BCUT2D eigenvalue weighted by Gasteiger charge is 2.18. The van der Waals surface area contributed by atoms with Crippen molar-refractivity contribution in [2.75, 3.05) is 38.6 Å². The summed E-state index contributed by atoms with van der Waals surface area (Å²) < 4.78 is 18.5. The quantitative estimate of drug-likeness (QED) is 0.638. The van der Waals surface area contributed by atoms with Crippen LogP contribution in [0.2, 0.25) is 0 Å². The lowest BCUT2D eigenvalue weighted by atomic mass is 10.2. The van der Waals surface area contributed by atoms with Crippen molar-refractivity contribution in [3.05, 3.63) is 30.1 Å². The molecular formula is C16H23FN3O3+. The van der Waals surface area contributed by atoms with Crippen LogP contribution >= 0.6 is 0 Å². The Kier molecular flexibility index (Phi) is 6.49. The number of hydrogen-bond acceptors (Lipinski definition) is 3. The SMILES string of the molecule is C[NH+](CC(=O)NC[C@@H]1CCCO1)CC(=O)Nc1cccc(F)c1. The van der Waals surface area contributed by atoms with Gasteiger partial charge in [0.15, 0.2) is 13.1 Å². The van der Waals surface area contributed by atoms with Crippen LogP contribution in [-0.2, 0) is 14.3 Å². The first kappa shape index (κ1) is 17.4. The molecule has 1 fully saturated rings. The number of rotatable bonds is 7. The molecule has 3 N–H and O–H groups in total. The Labute approximate surface area is 135 Å². The summed E-state index contributed by atoms with van der Waals surface area (Å²) >= 11 is 0. The average Bonchev–Trinajstić information content (AvgIpc) is 2.98. The van der Waals surface area contributed by atoms with Crippen molar-refractivity contribution in [3.8, 4) is 0 Å². The van der Waals surface area contributed by atoms with E-state index < -0.39 is 5.82 Å². The zero-order valence-electron chi connectivity index (χ0n) is 13.2. The molecule has 0 aliphatic carbocycles. The topological polar surface area (TPSA) is 71.9 Å². The van der Waals surface area contributed by atoms with Gasteiger partial charge >= 0.3 is 0 Å². The van der Waals surface area contributed by atoms with E-state index in [1.54, 1.807) is 13.1 Å². The fraction of sp³-hybridized carbons (Fsp3) is 0.500. The standard InChI is InChI=1S/C16H22FN3O3/c1-20(10-15(21)18-9-14-6-3-7-23-14)11-16(22)19-13-5-2-4-12(17)8-13/h2,4-5,8,14H,3,6-7,9-11H2,1H3,(H,18,21)(H,19,22)/p+1/t14-/m0/s1. The lowest BCUT2D eigenvalue weighted by molar-refractivity contribution is -0.862. The highest BCUT2D eigenvalue weighted by Crippen LogP contribution is 2.10. The monoisotopic (exact) mass is 324 g/mol. The van der Waals surface area contributed by atoms with Crippen LogP contribution < -0.4 is 15.5 Å². The number of benzene rings is 1. The van der Waals surface area contributed by atoms with Crippen LogP contribution in [0.25, 0.3) is 0 Å². The van der Waals surface area contributed by atoms with Crippen molar-refractivity contribution in [2.24, 2.45) is 0 Å². The van der Waals surface area contributed by atoms with Crippen molar-refractivity contribution in [1.82, 2.24) is 5.32 Å². The number of halogens is 1. The number of ether oxygens (including phenoxy) is 1. The first-order valence-corrected chi connectivity index (χ1v) is 7.78. The van der Waals surface area contributed by atoms with Crippen molar-refractivity contribution in [1.29, 1.82) is 0 Å². The molecule has 2 amide bonds. The van der Waals surface area contributed by atoms with E-state index in [0.717, 1.165) is 24.3 Å². The van der Waals surface area contributed by atoms with Crippen LogP contribution in [0.3, 0.4) is 0 Å². The van der Waals surface area contributed by atoms with E-state index in [4.69, 9.17) is 4.74 Å². The van der Waals surface area contributed by atoms with Gasteiger partial charge in [0.25, 0.3) is 11.8 Å². The zero-order valence-corrected chi connectivity index (χ0v) is 13.2. The van der Waals surface area contributed by atoms with Gasteiger partial charge in [-0.3, -0.25) is 9.59 Å². The molecule has 23 heavy (non-hydrogen) atoms. The predicted molar refractivity (Wildman–Crippen MR) is 83.6 cm³/mol. The summed E-state index contributed by atoms with van der Waals surface area (Å²) in [4.78, 5) is 24.5. The maximum Gasteiger partial charge on any atom is 0.279 e. The van der Waals surface area contributed by atoms with Gasteiger partial charge in [0.05, 0.1) is 13.2 Å². The highest BCUT2D eigenvalue weighted by molar-refractivity contribution is 5.91. The predicted octanol–water partition coefficient (Wildman–Crippen LogP) is -0.426. The summed E-state index contributed by atoms with van der Waals surface area (Å²) in [6, 6.07) is 5.71. The van der Waals surface area contributed by atoms with Gasteiger partial charge in [-0.1, -0.05) is 6.07 Å². The van der Waals surface area contributed by atoms with Crippen LogP contribution in [-0.4, -0.2) is 51.2 Å². The molecule has 0 bridgehead atoms. The fourth-order valence-corrected chi connectivity index (χ4v) is 2.48. The minimum atomic E-state index is -0.406. The van der Waals surface area contributed by atoms with Gasteiger partial charge in [-0.25, -0.2) is 4.39 Å². The summed E-state index contributed by atoms with van der Waals surface area (Å²) in [7, 11) is 1.76. The molecule has 0 aromatic heterocycles. The van der Waals surface area contributed by atoms with Crippen LogP contribution in [0, 0.1) is 5.82 Å². The van der Waals surface area contributed by atoms with E-state index in [-0.39, 0.29) is 31.0 Å². The van der Waals surface area contributed by atoms with Crippen LogP contribution in [0.4, 0.5) is 10.1 Å². The second kappa shape index (κ2) is 8.59. The number of anilines is 1. The van der Waals surface area contributed by atoms with E-state index in [0.29, 0.717) is 12.2 Å². The van der Waals surface area contributed by atoms with Crippen molar-refractivity contribution in [3.63, 3.8) is 0 Å². The van der Waals surface area contributed by atoms with Crippen molar-refractivity contribution in [2.45, 2.75) is 18.9 Å². The van der Waals surface area contributed by atoms with Crippen LogP contribution in [0.15, 0.2) is 24.3 Å². The molecule has 2 atom stereocenters. The Morgan fingerprint density at radius 1 is 1.35 bits per heavy atom. The molecule has 126 valence electrons. The van der Waals surface area contributed by atoms with Gasteiger partial charge in [0.1, 0.15) is 5.82 Å². The molecule has 1 heterocycles. The molecule has 0 radical (unpaired) electrons. The molecule has 6 nitrogen and oxygen atoms in total. The van der Waals surface area contributed by atoms with Gasteiger partial charge < -0.3 is 20.3 Å². The minimum absolute atomic E-state index is 0.107. The van der Waals surface area contributed by atoms with E-state index >= 15 is 0 Å². The van der Waals surface area contributed by atoms with Gasteiger partial charge in [0.2, 0.25) is 0 Å². The smallest absolute Gasteiger partial charge is 0.279 e. The lowest BCUT2D eigenvalue weighted by Crippen LogP contribution is -3.11. The summed E-state index contributed by atoms with van der Waals surface area (Å²) in [6.07, 6.45) is 2.11. The summed E-state index contributed by atoms with van der Waals surface area (Å²) in [5.41, 5.74) is 0.408. The van der Waals surface area contributed by atoms with Crippen molar-refractivity contribution >= 4 is 17.5 Å². The first-order valence-electron chi connectivity index (χ1n) is 7.78. The molecule has 2 rings (SSSR count). The molecule has 1 aliphatic rings. The van der Waals surface area contributed by atoms with E-state index in [2.05, 4.69) is 10.6 Å². The molecule has 7 heteroatoms. The Bertz CT molecular complexity index is 547. The molecule has 0 spiro atoms. The third kappa shape index (κ3) is 6.33. The molecular weight excluding hydrogens is 301 g/mol. The number of likely N-dealkylation sites (N-methyl/N-ethyl adjacent to an activating group) is 1. The summed E-state index contributed by atoms with van der Waals surface area (Å²) in [5, 5.41) is 5.43. The summed E-state index contributed by atoms with van der Waals surface area (Å²) in [6.45, 7) is 1.60. The Balaban J connectivity index is 1.67. The largest absolute Gasteiger partial charge is 0.376 e. The van der Waals surface area contributed by atoms with E-state index in [1.165, 1.54) is 18.2 Å². The summed E-state index contributed by atoms with van der Waals surface area (Å²) in [5.74, 6) is -0.784. The average molecular weight is 324 g/mol. The fourth-order valence-electron chi connectivity index (χ4n) is 2.48. The number of nitrogens with one attached hydrogen (secondary N) is 3.